The summed E-state index contributed by atoms with van der Waals surface area (Å²) in [5.41, 5.74) is 0.391. The monoisotopic (exact) mass is 263 g/mol. The van der Waals surface area contributed by atoms with E-state index in [0.29, 0.717) is 5.56 Å². The number of nitrogens with zero attached hydrogens (tertiary/aromatic N) is 1. The van der Waals surface area contributed by atoms with Crippen molar-refractivity contribution in [2.24, 2.45) is 0 Å². The smallest absolute Gasteiger partial charge is 0.217 e. The van der Waals surface area contributed by atoms with Gasteiger partial charge in [-0.15, -0.1) is 0 Å². The van der Waals surface area contributed by atoms with Gasteiger partial charge in [-0.3, -0.25) is 0 Å². The van der Waals surface area contributed by atoms with Crippen molar-refractivity contribution < 1.29 is 0 Å². The van der Waals surface area contributed by atoms with E-state index in [1.807, 2.05) is 0 Å². The number of halogens is 5. The molecule has 0 aliphatic heterocycles. The van der Waals surface area contributed by atoms with Gasteiger partial charge < -0.3 is 0 Å². The van der Waals surface area contributed by atoms with Crippen LogP contribution >= 0.6 is 58.0 Å². The molecule has 0 amide bonds. The predicted molar refractivity (Wildman–Crippen MR) is 53.5 cm³/mol. The standard InChI is InChI=1S/C6H2Cl5N/c7-4-1-3(6(9,10)11)2-12-5(4)8/h1-2H. The molecule has 0 aromatic carbocycles. The SMILES string of the molecule is Clc1cc(C(Cl)(Cl)Cl)cnc1Cl. The zero-order valence-electron chi connectivity index (χ0n) is 5.49. The van der Waals surface area contributed by atoms with Gasteiger partial charge in [0.05, 0.1) is 5.02 Å². The molecule has 0 N–H and O–H groups in total. The van der Waals surface area contributed by atoms with Crippen molar-refractivity contribution in [1.29, 1.82) is 0 Å². The van der Waals surface area contributed by atoms with E-state index in [2.05, 4.69) is 4.98 Å². The molecule has 0 saturated carbocycles. The zero-order valence-corrected chi connectivity index (χ0v) is 9.27. The summed E-state index contributed by atoms with van der Waals surface area (Å²) in [6, 6.07) is 1.46. The van der Waals surface area contributed by atoms with Gasteiger partial charge in [-0.05, 0) is 6.07 Å². The van der Waals surface area contributed by atoms with Crippen LogP contribution in [0.2, 0.25) is 10.2 Å². The molecule has 1 aromatic heterocycles. The van der Waals surface area contributed by atoms with E-state index >= 15 is 0 Å². The van der Waals surface area contributed by atoms with E-state index in [1.165, 1.54) is 12.3 Å². The van der Waals surface area contributed by atoms with E-state index < -0.39 is 3.79 Å². The quantitative estimate of drug-likeness (QED) is 0.505. The van der Waals surface area contributed by atoms with Crippen LogP contribution in [0.25, 0.3) is 0 Å². The second-order valence-electron chi connectivity index (χ2n) is 1.99. The van der Waals surface area contributed by atoms with Gasteiger partial charge in [-0.1, -0.05) is 58.0 Å². The summed E-state index contributed by atoms with van der Waals surface area (Å²) in [5.74, 6) is 0. The van der Waals surface area contributed by atoms with Gasteiger partial charge in [0.25, 0.3) is 0 Å². The van der Waals surface area contributed by atoms with Crippen molar-refractivity contribution in [3.8, 4) is 0 Å². The predicted octanol–water partition coefficient (Wildman–Crippen LogP) is 4.22. The maximum atomic E-state index is 5.65. The van der Waals surface area contributed by atoms with Gasteiger partial charge in [-0.25, -0.2) is 4.98 Å². The molecule has 0 atom stereocenters. The first-order chi connectivity index (χ1) is 5.41. The van der Waals surface area contributed by atoms with Crippen LogP contribution in [0.15, 0.2) is 12.3 Å². The lowest BCUT2D eigenvalue weighted by Gasteiger charge is -2.10. The van der Waals surface area contributed by atoms with Gasteiger partial charge in [0.15, 0.2) is 0 Å². The lowest BCUT2D eigenvalue weighted by Crippen LogP contribution is -2.00. The van der Waals surface area contributed by atoms with Gasteiger partial charge in [0.2, 0.25) is 3.79 Å². The van der Waals surface area contributed by atoms with Crippen LogP contribution in [-0.4, -0.2) is 4.98 Å². The maximum Gasteiger partial charge on any atom is 0.217 e. The van der Waals surface area contributed by atoms with Crippen molar-refractivity contribution >= 4 is 58.0 Å². The summed E-state index contributed by atoms with van der Waals surface area (Å²) in [4.78, 5) is 3.73. The molecule has 66 valence electrons. The average molecular weight is 265 g/mol. The van der Waals surface area contributed by atoms with Crippen molar-refractivity contribution in [2.75, 3.05) is 0 Å². The molecule has 1 rings (SSSR count). The Morgan fingerprint density at radius 2 is 1.75 bits per heavy atom. The third kappa shape index (κ3) is 2.54. The minimum absolute atomic E-state index is 0.190. The van der Waals surface area contributed by atoms with E-state index in [1.54, 1.807) is 0 Å². The molecule has 0 aliphatic rings. The Hall–Kier alpha value is 0.600. The van der Waals surface area contributed by atoms with Crippen LogP contribution < -0.4 is 0 Å². The normalized spacial score (nSPS) is 11.8. The Balaban J connectivity index is 3.14. The van der Waals surface area contributed by atoms with E-state index in [9.17, 15) is 0 Å². The number of pyridine rings is 1. The van der Waals surface area contributed by atoms with Crippen molar-refractivity contribution in [1.82, 2.24) is 4.98 Å². The molecule has 1 aromatic rings. The number of hydrogen-bond acceptors (Lipinski definition) is 1. The molecule has 0 saturated heterocycles. The molecule has 0 fully saturated rings. The minimum atomic E-state index is -1.51. The molecule has 12 heavy (non-hydrogen) atoms. The summed E-state index contributed by atoms with van der Waals surface area (Å²) in [6.45, 7) is 0. The van der Waals surface area contributed by atoms with Crippen molar-refractivity contribution in [3.05, 3.63) is 28.0 Å². The number of aromatic nitrogens is 1. The molecule has 6 heteroatoms. The van der Waals surface area contributed by atoms with Crippen LogP contribution in [0.4, 0.5) is 0 Å². The van der Waals surface area contributed by atoms with Gasteiger partial charge in [-0.2, -0.15) is 0 Å². The molecule has 0 bridgehead atoms. The molecule has 0 spiro atoms. The van der Waals surface area contributed by atoms with Crippen LogP contribution in [0, 0.1) is 0 Å². The molecular weight excluding hydrogens is 263 g/mol. The van der Waals surface area contributed by atoms with Crippen LogP contribution in [0.5, 0.6) is 0 Å². The summed E-state index contributed by atoms with van der Waals surface area (Å²) >= 11 is 27.9. The third-order valence-electron chi connectivity index (χ3n) is 1.12. The van der Waals surface area contributed by atoms with E-state index in [4.69, 9.17) is 58.0 Å². The summed E-state index contributed by atoms with van der Waals surface area (Å²) in [6.07, 6.45) is 1.36. The van der Waals surface area contributed by atoms with Gasteiger partial charge in [0.1, 0.15) is 5.15 Å². The highest BCUT2D eigenvalue weighted by Crippen LogP contribution is 2.39. The van der Waals surface area contributed by atoms with Crippen molar-refractivity contribution in [2.45, 2.75) is 3.79 Å². The fourth-order valence-electron chi connectivity index (χ4n) is 0.576. The molecule has 1 nitrogen and oxygen atoms in total. The van der Waals surface area contributed by atoms with Crippen LogP contribution in [0.3, 0.4) is 0 Å². The molecular formula is C6H2Cl5N. The lowest BCUT2D eigenvalue weighted by molar-refractivity contribution is 1.17. The topological polar surface area (TPSA) is 12.9 Å². The molecule has 1 heterocycles. The summed E-state index contributed by atoms with van der Waals surface area (Å²) < 4.78 is -1.51. The van der Waals surface area contributed by atoms with Gasteiger partial charge >= 0.3 is 0 Å². The van der Waals surface area contributed by atoms with Crippen LogP contribution in [-0.2, 0) is 3.79 Å². The second kappa shape index (κ2) is 3.77. The van der Waals surface area contributed by atoms with Gasteiger partial charge in [0, 0.05) is 11.8 Å². The Kier molecular flexibility index (Phi) is 3.35. The van der Waals surface area contributed by atoms with Crippen molar-refractivity contribution in [3.63, 3.8) is 0 Å². The number of hydrogen-bond donors (Lipinski definition) is 0. The summed E-state index contributed by atoms with van der Waals surface area (Å²) in [5, 5.41) is 0.454. The lowest BCUT2D eigenvalue weighted by atomic mass is 10.3. The minimum Gasteiger partial charge on any atom is -0.243 e. The first kappa shape index (κ1) is 10.7. The summed E-state index contributed by atoms with van der Waals surface area (Å²) in [7, 11) is 0. The van der Waals surface area contributed by atoms with Crippen LogP contribution in [0.1, 0.15) is 5.56 Å². The first-order valence-corrected chi connectivity index (χ1v) is 4.68. The first-order valence-electron chi connectivity index (χ1n) is 2.79. The Morgan fingerprint density at radius 3 is 2.17 bits per heavy atom. The highest BCUT2D eigenvalue weighted by atomic mass is 35.6. The zero-order chi connectivity index (χ0) is 9.35. The third-order valence-corrected chi connectivity index (χ3v) is 2.46. The largest absolute Gasteiger partial charge is 0.243 e. The average Bonchev–Trinajstić information content (AvgIpc) is 1.92. The second-order valence-corrected chi connectivity index (χ2v) is 5.04. The highest BCUT2D eigenvalue weighted by molar-refractivity contribution is 6.66. The highest BCUT2D eigenvalue weighted by Gasteiger charge is 2.23. The Labute approximate surface area is 94.5 Å². The number of rotatable bonds is 0. The van der Waals surface area contributed by atoms with E-state index in [0.717, 1.165) is 0 Å². The Bertz CT molecular complexity index is 292. The molecule has 0 aliphatic carbocycles. The molecule has 0 unspecified atom stereocenters. The maximum absolute atomic E-state index is 5.65. The van der Waals surface area contributed by atoms with E-state index in [-0.39, 0.29) is 10.2 Å². The molecule has 0 radical (unpaired) electrons. The fourth-order valence-corrected chi connectivity index (χ4v) is 1.16. The Morgan fingerprint density at radius 1 is 1.17 bits per heavy atom. The fraction of sp³-hybridized carbons (Fsp3) is 0.167. The number of alkyl halides is 3.